The molecule has 2 aromatic carbocycles. The highest BCUT2D eigenvalue weighted by Crippen LogP contribution is 2.18. The largest absolute Gasteiger partial charge is 0.435 e. The first-order valence-electron chi connectivity index (χ1n) is 7.09. The number of carbonyl (C=O) groups is 1. The topological polar surface area (TPSA) is 72.5 Å². The predicted molar refractivity (Wildman–Crippen MR) is 84.8 cm³/mol. The van der Waals surface area contributed by atoms with Gasteiger partial charge < -0.3 is 10.1 Å². The zero-order valence-electron chi connectivity index (χ0n) is 12.8. The fourth-order valence-corrected chi connectivity index (χ4v) is 3.17. The molecule has 0 saturated carbocycles. The van der Waals surface area contributed by atoms with E-state index in [4.69, 9.17) is 0 Å². The number of amides is 1. The highest BCUT2D eigenvalue weighted by molar-refractivity contribution is 7.91. The minimum atomic E-state index is -3.72. The Morgan fingerprint density at radius 2 is 1.64 bits per heavy atom. The number of nitrogens with one attached hydrogen (secondary N) is 1. The number of anilines is 1. The first kappa shape index (κ1) is 18.8. The molecule has 0 atom stereocenters. The third-order valence-corrected chi connectivity index (χ3v) is 4.87. The lowest BCUT2D eigenvalue weighted by Gasteiger charge is -2.08. The fourth-order valence-electron chi connectivity index (χ4n) is 1.93. The maximum absolute atomic E-state index is 12.8. The molecular formula is C16H14F3NO4S. The molecule has 1 N–H and O–H groups in total. The van der Waals surface area contributed by atoms with Crippen LogP contribution in [0.25, 0.3) is 0 Å². The van der Waals surface area contributed by atoms with Gasteiger partial charge in [0.2, 0.25) is 5.91 Å². The Bertz CT molecular complexity index is 821. The SMILES string of the molecule is O=C(CCS(=O)(=O)c1ccc(F)cc1)Nc1ccc(OC(F)F)cc1. The molecule has 0 aromatic heterocycles. The van der Waals surface area contributed by atoms with Crippen LogP contribution in [0.15, 0.2) is 53.4 Å². The molecule has 1 amide bonds. The maximum atomic E-state index is 12.8. The van der Waals surface area contributed by atoms with Crippen LogP contribution in [-0.4, -0.2) is 26.7 Å². The van der Waals surface area contributed by atoms with Gasteiger partial charge in [0.1, 0.15) is 11.6 Å². The van der Waals surface area contributed by atoms with Gasteiger partial charge in [0, 0.05) is 12.1 Å². The average Bonchev–Trinajstić information content (AvgIpc) is 2.55. The van der Waals surface area contributed by atoms with E-state index in [2.05, 4.69) is 10.1 Å². The van der Waals surface area contributed by atoms with Crippen LogP contribution >= 0.6 is 0 Å². The van der Waals surface area contributed by atoms with Crippen molar-refractivity contribution in [3.63, 3.8) is 0 Å². The van der Waals surface area contributed by atoms with Crippen molar-refractivity contribution in [2.24, 2.45) is 0 Å². The van der Waals surface area contributed by atoms with Crippen LogP contribution in [0.2, 0.25) is 0 Å². The van der Waals surface area contributed by atoms with Crippen LogP contribution in [0.1, 0.15) is 6.42 Å². The van der Waals surface area contributed by atoms with E-state index in [-0.39, 0.29) is 17.1 Å². The van der Waals surface area contributed by atoms with E-state index in [1.807, 2.05) is 0 Å². The minimum absolute atomic E-state index is 0.0631. The van der Waals surface area contributed by atoms with Crippen molar-refractivity contribution in [2.45, 2.75) is 17.9 Å². The van der Waals surface area contributed by atoms with E-state index in [0.717, 1.165) is 24.3 Å². The van der Waals surface area contributed by atoms with Gasteiger partial charge in [-0.3, -0.25) is 4.79 Å². The molecule has 0 heterocycles. The number of hydrogen-bond donors (Lipinski definition) is 1. The summed E-state index contributed by atoms with van der Waals surface area (Å²) in [5, 5.41) is 2.45. The number of alkyl halides is 2. The lowest BCUT2D eigenvalue weighted by Crippen LogP contribution is -2.17. The third kappa shape index (κ3) is 5.79. The molecule has 5 nitrogen and oxygen atoms in total. The van der Waals surface area contributed by atoms with E-state index >= 15 is 0 Å². The Balaban J connectivity index is 1.90. The van der Waals surface area contributed by atoms with Gasteiger partial charge in [-0.15, -0.1) is 0 Å². The van der Waals surface area contributed by atoms with Crippen LogP contribution in [0.5, 0.6) is 5.75 Å². The van der Waals surface area contributed by atoms with Gasteiger partial charge in [-0.2, -0.15) is 8.78 Å². The number of sulfone groups is 1. The summed E-state index contributed by atoms with van der Waals surface area (Å²) in [6.45, 7) is -2.95. The molecule has 0 radical (unpaired) electrons. The molecule has 2 aromatic rings. The Hall–Kier alpha value is -2.55. The standard InChI is InChI=1S/C16H14F3NO4S/c17-11-1-7-14(8-2-11)25(22,23)10-9-15(21)20-12-3-5-13(6-4-12)24-16(18)19/h1-8,16H,9-10H2,(H,20,21). The number of halogens is 3. The van der Waals surface area contributed by atoms with Gasteiger partial charge in [-0.05, 0) is 48.5 Å². The summed E-state index contributed by atoms with van der Waals surface area (Å²) < 4.78 is 65.2. The highest BCUT2D eigenvalue weighted by atomic mass is 32.2. The van der Waals surface area contributed by atoms with Crippen molar-refractivity contribution < 1.29 is 31.1 Å². The monoisotopic (exact) mass is 373 g/mol. The fraction of sp³-hybridized carbons (Fsp3) is 0.188. The second kappa shape index (κ2) is 8.02. The minimum Gasteiger partial charge on any atom is -0.435 e. The third-order valence-electron chi connectivity index (χ3n) is 3.13. The molecular weight excluding hydrogens is 359 g/mol. The normalized spacial score (nSPS) is 11.4. The number of ether oxygens (including phenoxy) is 1. The summed E-state index contributed by atoms with van der Waals surface area (Å²) >= 11 is 0. The Kier molecular flexibility index (Phi) is 6.02. The molecule has 0 saturated heterocycles. The lowest BCUT2D eigenvalue weighted by atomic mass is 10.3. The molecule has 134 valence electrons. The Morgan fingerprint density at radius 3 is 2.20 bits per heavy atom. The number of rotatable bonds is 7. The van der Waals surface area contributed by atoms with Gasteiger partial charge in [-0.1, -0.05) is 0 Å². The predicted octanol–water partition coefficient (Wildman–Crippen LogP) is 3.23. The van der Waals surface area contributed by atoms with Crippen molar-refractivity contribution in [3.8, 4) is 5.75 Å². The molecule has 0 spiro atoms. The quantitative estimate of drug-likeness (QED) is 0.757. The number of carbonyl (C=O) groups excluding carboxylic acids is 1. The summed E-state index contributed by atoms with van der Waals surface area (Å²) in [4.78, 5) is 11.7. The van der Waals surface area contributed by atoms with Gasteiger partial charge >= 0.3 is 6.61 Å². The maximum Gasteiger partial charge on any atom is 0.387 e. The average molecular weight is 373 g/mol. The van der Waals surface area contributed by atoms with Crippen LogP contribution < -0.4 is 10.1 Å². The van der Waals surface area contributed by atoms with Gasteiger partial charge in [0.15, 0.2) is 9.84 Å². The summed E-state index contributed by atoms with van der Waals surface area (Å²) in [6, 6.07) is 9.50. The summed E-state index contributed by atoms with van der Waals surface area (Å²) in [6.07, 6.45) is -0.311. The van der Waals surface area contributed by atoms with Crippen molar-refractivity contribution in [2.75, 3.05) is 11.1 Å². The number of hydrogen-bond acceptors (Lipinski definition) is 4. The molecule has 0 unspecified atom stereocenters. The first-order chi connectivity index (χ1) is 11.8. The Labute approximate surface area is 142 Å². The summed E-state index contributed by atoms with van der Waals surface area (Å²) in [7, 11) is -3.72. The molecule has 0 aliphatic carbocycles. The second-order valence-electron chi connectivity index (χ2n) is 4.97. The van der Waals surface area contributed by atoms with Gasteiger partial charge in [-0.25, -0.2) is 12.8 Å². The van der Waals surface area contributed by atoms with Gasteiger partial charge in [0.25, 0.3) is 0 Å². The van der Waals surface area contributed by atoms with E-state index in [1.165, 1.54) is 24.3 Å². The zero-order valence-corrected chi connectivity index (χ0v) is 13.6. The van der Waals surface area contributed by atoms with Crippen molar-refractivity contribution in [1.29, 1.82) is 0 Å². The van der Waals surface area contributed by atoms with Crippen molar-refractivity contribution in [3.05, 3.63) is 54.3 Å². The molecule has 25 heavy (non-hydrogen) atoms. The van der Waals surface area contributed by atoms with E-state index in [9.17, 15) is 26.4 Å². The molecule has 0 aliphatic heterocycles. The lowest BCUT2D eigenvalue weighted by molar-refractivity contribution is -0.115. The smallest absolute Gasteiger partial charge is 0.387 e. The van der Waals surface area contributed by atoms with Crippen LogP contribution in [0.3, 0.4) is 0 Å². The van der Waals surface area contributed by atoms with Crippen molar-refractivity contribution in [1.82, 2.24) is 0 Å². The molecule has 9 heteroatoms. The first-order valence-corrected chi connectivity index (χ1v) is 8.74. The molecule has 2 rings (SSSR count). The highest BCUT2D eigenvalue weighted by Gasteiger charge is 2.16. The van der Waals surface area contributed by atoms with Gasteiger partial charge in [0.05, 0.1) is 10.6 Å². The molecule has 0 bridgehead atoms. The second-order valence-corrected chi connectivity index (χ2v) is 7.08. The number of benzene rings is 2. The molecule has 0 aliphatic rings. The van der Waals surface area contributed by atoms with E-state index < -0.39 is 33.9 Å². The summed E-state index contributed by atoms with van der Waals surface area (Å²) in [5.41, 5.74) is 0.311. The molecule has 0 fully saturated rings. The van der Waals surface area contributed by atoms with Crippen LogP contribution in [0, 0.1) is 5.82 Å². The van der Waals surface area contributed by atoms with E-state index in [1.54, 1.807) is 0 Å². The van der Waals surface area contributed by atoms with Crippen LogP contribution in [-0.2, 0) is 14.6 Å². The van der Waals surface area contributed by atoms with Crippen LogP contribution in [0.4, 0.5) is 18.9 Å². The zero-order chi connectivity index (χ0) is 18.4. The van der Waals surface area contributed by atoms with E-state index in [0.29, 0.717) is 5.69 Å². The summed E-state index contributed by atoms with van der Waals surface area (Å²) in [5.74, 6) is -1.63. The Morgan fingerprint density at radius 1 is 1.04 bits per heavy atom. The van der Waals surface area contributed by atoms with Crippen molar-refractivity contribution >= 4 is 21.4 Å².